The minimum Gasteiger partial charge on any atom is -0.478 e. The number of hydrogen-bond donors (Lipinski definition) is 1. The van der Waals surface area contributed by atoms with Crippen LogP contribution in [-0.2, 0) is 4.79 Å². The lowest BCUT2D eigenvalue weighted by Crippen LogP contribution is -1.99. The minimum absolute atomic E-state index is 0.235. The number of hydrogen-bond acceptors (Lipinski definition) is 1. The zero-order chi connectivity index (χ0) is 15.2. The third-order valence-electron chi connectivity index (χ3n) is 3.06. The molecule has 0 aliphatic rings. The van der Waals surface area contributed by atoms with E-state index in [-0.39, 0.29) is 11.4 Å². The lowest BCUT2D eigenvalue weighted by molar-refractivity contribution is -0.130. The number of aliphatic carboxylic acids is 1. The number of halogens is 1. The van der Waals surface area contributed by atoms with Gasteiger partial charge in [0.2, 0.25) is 0 Å². The van der Waals surface area contributed by atoms with Crippen molar-refractivity contribution < 1.29 is 14.3 Å². The van der Waals surface area contributed by atoms with Crippen molar-refractivity contribution in [2.45, 2.75) is 6.92 Å². The van der Waals surface area contributed by atoms with Gasteiger partial charge in [-0.2, -0.15) is 0 Å². The molecular weight excluding hydrogens is 267 g/mol. The largest absolute Gasteiger partial charge is 0.478 e. The molecule has 2 aromatic carbocycles. The Morgan fingerprint density at radius 2 is 1.52 bits per heavy atom. The first-order valence-electron chi connectivity index (χ1n) is 6.54. The first-order chi connectivity index (χ1) is 10.1. The SMILES string of the molecule is CC=CC=C(C(=O)O)c1ccc(-c2ccc(F)cc2)cc1. The molecule has 2 aromatic rings. The van der Waals surface area contributed by atoms with E-state index in [1.807, 2.05) is 19.1 Å². The van der Waals surface area contributed by atoms with Gasteiger partial charge >= 0.3 is 5.97 Å². The summed E-state index contributed by atoms with van der Waals surface area (Å²) in [6.45, 7) is 1.83. The second-order valence-corrected chi connectivity index (χ2v) is 4.50. The molecule has 0 heterocycles. The summed E-state index contributed by atoms with van der Waals surface area (Å²) >= 11 is 0. The normalized spacial score (nSPS) is 11.8. The number of carboxylic acids is 1. The van der Waals surface area contributed by atoms with E-state index in [0.29, 0.717) is 5.56 Å². The van der Waals surface area contributed by atoms with Gasteiger partial charge in [-0.15, -0.1) is 0 Å². The second-order valence-electron chi connectivity index (χ2n) is 4.50. The van der Waals surface area contributed by atoms with E-state index in [2.05, 4.69) is 0 Å². The molecule has 106 valence electrons. The maximum absolute atomic E-state index is 12.9. The summed E-state index contributed by atoms with van der Waals surface area (Å²) < 4.78 is 12.9. The van der Waals surface area contributed by atoms with Crippen LogP contribution >= 0.6 is 0 Å². The molecule has 0 unspecified atom stereocenters. The molecule has 0 radical (unpaired) electrons. The van der Waals surface area contributed by atoms with Crippen LogP contribution in [0.5, 0.6) is 0 Å². The highest BCUT2D eigenvalue weighted by Gasteiger charge is 2.09. The topological polar surface area (TPSA) is 37.3 Å². The van der Waals surface area contributed by atoms with Crippen molar-refractivity contribution in [3.05, 3.63) is 78.1 Å². The maximum atomic E-state index is 12.9. The van der Waals surface area contributed by atoms with E-state index in [9.17, 15) is 14.3 Å². The fraction of sp³-hybridized carbons (Fsp3) is 0.0556. The Balaban J connectivity index is 2.33. The van der Waals surface area contributed by atoms with E-state index in [4.69, 9.17) is 0 Å². The molecule has 0 bridgehead atoms. The third-order valence-corrected chi connectivity index (χ3v) is 3.06. The molecule has 0 atom stereocenters. The summed E-state index contributed by atoms with van der Waals surface area (Å²) in [5.74, 6) is -1.25. The predicted octanol–water partition coefficient (Wildman–Crippen LogP) is 4.54. The summed E-state index contributed by atoms with van der Waals surface area (Å²) in [7, 11) is 0. The van der Waals surface area contributed by atoms with Gasteiger partial charge < -0.3 is 5.11 Å². The van der Waals surface area contributed by atoms with Crippen LogP contribution in [0, 0.1) is 5.82 Å². The van der Waals surface area contributed by atoms with Crippen LogP contribution in [0.3, 0.4) is 0 Å². The Kier molecular flexibility index (Phi) is 4.67. The molecule has 2 nitrogen and oxygen atoms in total. The summed E-state index contributed by atoms with van der Waals surface area (Å²) in [5.41, 5.74) is 2.66. The van der Waals surface area contributed by atoms with Gasteiger partial charge in [0.25, 0.3) is 0 Å². The standard InChI is InChI=1S/C18H15FO2/c1-2-3-4-17(18(20)21)15-7-5-13(6-8-15)14-9-11-16(19)12-10-14/h2-12H,1H3,(H,20,21). The maximum Gasteiger partial charge on any atom is 0.336 e. The molecule has 0 aromatic heterocycles. The Labute approximate surface area is 122 Å². The Bertz CT molecular complexity index is 680. The van der Waals surface area contributed by atoms with E-state index < -0.39 is 5.97 Å². The number of allylic oxidation sites excluding steroid dienone is 3. The Morgan fingerprint density at radius 1 is 1.00 bits per heavy atom. The van der Waals surface area contributed by atoms with Crippen molar-refractivity contribution in [2.75, 3.05) is 0 Å². The van der Waals surface area contributed by atoms with Crippen LogP contribution in [0.15, 0.2) is 66.8 Å². The van der Waals surface area contributed by atoms with Crippen molar-refractivity contribution in [1.82, 2.24) is 0 Å². The van der Waals surface area contributed by atoms with Crippen molar-refractivity contribution in [3.8, 4) is 11.1 Å². The molecular formula is C18H15FO2. The van der Waals surface area contributed by atoms with Crippen molar-refractivity contribution >= 4 is 11.5 Å². The van der Waals surface area contributed by atoms with Crippen molar-refractivity contribution in [2.24, 2.45) is 0 Å². The summed E-state index contributed by atoms with van der Waals surface area (Å²) in [6.07, 6.45) is 5.03. The molecule has 0 spiro atoms. The van der Waals surface area contributed by atoms with Crippen LogP contribution < -0.4 is 0 Å². The Hall–Kier alpha value is -2.68. The lowest BCUT2D eigenvalue weighted by Gasteiger charge is -2.05. The van der Waals surface area contributed by atoms with Gasteiger partial charge in [0.1, 0.15) is 5.82 Å². The van der Waals surface area contributed by atoms with Crippen LogP contribution in [-0.4, -0.2) is 11.1 Å². The summed E-state index contributed by atoms with van der Waals surface area (Å²) in [5, 5.41) is 9.23. The summed E-state index contributed by atoms with van der Waals surface area (Å²) in [4.78, 5) is 11.3. The molecule has 0 aliphatic heterocycles. The lowest BCUT2D eigenvalue weighted by atomic mass is 10.00. The first kappa shape index (κ1) is 14.7. The minimum atomic E-state index is -0.970. The van der Waals surface area contributed by atoms with E-state index in [1.165, 1.54) is 12.1 Å². The number of carbonyl (C=O) groups is 1. The van der Waals surface area contributed by atoms with Gasteiger partial charge in [-0.25, -0.2) is 9.18 Å². The molecule has 0 fully saturated rings. The summed E-state index contributed by atoms with van der Waals surface area (Å²) in [6, 6.07) is 13.3. The fourth-order valence-corrected chi connectivity index (χ4v) is 1.97. The molecule has 2 rings (SSSR count). The van der Waals surface area contributed by atoms with Gasteiger partial charge in [0.15, 0.2) is 0 Å². The van der Waals surface area contributed by atoms with Crippen molar-refractivity contribution in [1.29, 1.82) is 0 Å². The molecule has 21 heavy (non-hydrogen) atoms. The van der Waals surface area contributed by atoms with Gasteiger partial charge in [0.05, 0.1) is 5.57 Å². The zero-order valence-corrected chi connectivity index (χ0v) is 11.6. The van der Waals surface area contributed by atoms with Gasteiger partial charge in [-0.3, -0.25) is 0 Å². The van der Waals surface area contributed by atoms with E-state index in [0.717, 1.165) is 11.1 Å². The Morgan fingerprint density at radius 3 is 2.00 bits per heavy atom. The number of benzene rings is 2. The number of carboxylic acid groups (broad SMARTS) is 1. The quantitative estimate of drug-likeness (QED) is 0.660. The first-order valence-corrected chi connectivity index (χ1v) is 6.54. The predicted molar refractivity (Wildman–Crippen MR) is 82.3 cm³/mol. The average molecular weight is 282 g/mol. The fourth-order valence-electron chi connectivity index (χ4n) is 1.97. The average Bonchev–Trinajstić information content (AvgIpc) is 2.49. The molecule has 3 heteroatoms. The number of rotatable bonds is 4. The third kappa shape index (κ3) is 3.66. The van der Waals surface area contributed by atoms with Crippen molar-refractivity contribution in [3.63, 3.8) is 0 Å². The second kappa shape index (κ2) is 6.66. The van der Waals surface area contributed by atoms with Gasteiger partial charge in [0, 0.05) is 0 Å². The van der Waals surface area contributed by atoms with Crippen LogP contribution in [0.2, 0.25) is 0 Å². The highest BCUT2D eigenvalue weighted by Crippen LogP contribution is 2.23. The molecule has 1 N–H and O–H groups in total. The van der Waals surface area contributed by atoms with Gasteiger partial charge in [-0.05, 0) is 41.8 Å². The zero-order valence-electron chi connectivity index (χ0n) is 11.6. The van der Waals surface area contributed by atoms with Crippen LogP contribution in [0.1, 0.15) is 12.5 Å². The monoisotopic (exact) mass is 282 g/mol. The van der Waals surface area contributed by atoms with Gasteiger partial charge in [-0.1, -0.05) is 48.6 Å². The highest BCUT2D eigenvalue weighted by atomic mass is 19.1. The molecule has 0 saturated carbocycles. The van der Waals surface area contributed by atoms with Crippen LogP contribution in [0.25, 0.3) is 16.7 Å². The van der Waals surface area contributed by atoms with E-state index in [1.54, 1.807) is 42.5 Å². The molecule has 0 saturated heterocycles. The highest BCUT2D eigenvalue weighted by molar-refractivity contribution is 6.15. The van der Waals surface area contributed by atoms with Crippen LogP contribution in [0.4, 0.5) is 4.39 Å². The molecule has 0 amide bonds. The molecule has 0 aliphatic carbocycles. The van der Waals surface area contributed by atoms with E-state index >= 15 is 0 Å². The smallest absolute Gasteiger partial charge is 0.336 e.